The molecule has 0 spiro atoms. The summed E-state index contributed by atoms with van der Waals surface area (Å²) in [4.78, 5) is 0. The SMILES string of the molecule is CC(C)CC(C(C)C)C(C)(C)C(O)O. The van der Waals surface area contributed by atoms with Crippen LogP contribution in [-0.2, 0) is 0 Å². The number of hydrogen-bond acceptors (Lipinski definition) is 2. The molecule has 0 aliphatic carbocycles. The fourth-order valence-corrected chi connectivity index (χ4v) is 2.13. The van der Waals surface area contributed by atoms with E-state index in [0.717, 1.165) is 6.42 Å². The molecule has 0 amide bonds. The van der Waals surface area contributed by atoms with Crippen LogP contribution in [0.2, 0.25) is 0 Å². The fraction of sp³-hybridized carbons (Fsp3) is 1.00. The molecule has 0 aliphatic heterocycles. The van der Waals surface area contributed by atoms with Crippen molar-refractivity contribution in [1.29, 1.82) is 0 Å². The molecule has 2 nitrogen and oxygen atoms in total. The lowest BCUT2D eigenvalue weighted by Crippen LogP contribution is -2.39. The van der Waals surface area contributed by atoms with Gasteiger partial charge in [-0.2, -0.15) is 0 Å². The van der Waals surface area contributed by atoms with Crippen LogP contribution in [0.25, 0.3) is 0 Å². The maximum Gasteiger partial charge on any atom is 0.156 e. The van der Waals surface area contributed by atoms with E-state index in [9.17, 15) is 10.2 Å². The topological polar surface area (TPSA) is 40.5 Å². The van der Waals surface area contributed by atoms with Crippen LogP contribution in [0.1, 0.15) is 48.0 Å². The first-order valence-electron chi connectivity index (χ1n) is 5.55. The second-order valence-corrected chi connectivity index (χ2v) is 5.68. The van der Waals surface area contributed by atoms with Gasteiger partial charge in [0.2, 0.25) is 0 Å². The maximum absolute atomic E-state index is 9.37. The average Bonchev–Trinajstić information content (AvgIpc) is 1.98. The van der Waals surface area contributed by atoms with Gasteiger partial charge in [0.1, 0.15) is 0 Å². The van der Waals surface area contributed by atoms with Gasteiger partial charge in [-0.25, -0.2) is 0 Å². The summed E-state index contributed by atoms with van der Waals surface area (Å²) in [5, 5.41) is 18.7. The van der Waals surface area contributed by atoms with E-state index in [1.165, 1.54) is 0 Å². The first-order chi connectivity index (χ1) is 6.19. The zero-order valence-electron chi connectivity index (χ0n) is 10.4. The van der Waals surface area contributed by atoms with Gasteiger partial charge in [-0.3, -0.25) is 0 Å². The van der Waals surface area contributed by atoms with Crippen molar-refractivity contribution in [2.45, 2.75) is 54.3 Å². The molecule has 0 saturated carbocycles. The van der Waals surface area contributed by atoms with E-state index in [-0.39, 0.29) is 0 Å². The zero-order chi connectivity index (χ0) is 11.5. The molecule has 0 radical (unpaired) electrons. The Hall–Kier alpha value is -0.0800. The van der Waals surface area contributed by atoms with Crippen LogP contribution in [0.15, 0.2) is 0 Å². The second-order valence-electron chi connectivity index (χ2n) is 5.68. The molecule has 0 aromatic heterocycles. The van der Waals surface area contributed by atoms with Gasteiger partial charge < -0.3 is 10.2 Å². The van der Waals surface area contributed by atoms with Gasteiger partial charge in [0, 0.05) is 5.41 Å². The Morgan fingerprint density at radius 3 is 1.64 bits per heavy atom. The van der Waals surface area contributed by atoms with Crippen molar-refractivity contribution in [3.63, 3.8) is 0 Å². The summed E-state index contributed by atoms with van der Waals surface area (Å²) in [7, 11) is 0. The highest BCUT2D eigenvalue weighted by atomic mass is 16.5. The van der Waals surface area contributed by atoms with Crippen molar-refractivity contribution < 1.29 is 10.2 Å². The van der Waals surface area contributed by atoms with Gasteiger partial charge in [0.25, 0.3) is 0 Å². The Morgan fingerprint density at radius 1 is 1.00 bits per heavy atom. The Morgan fingerprint density at radius 2 is 1.43 bits per heavy atom. The van der Waals surface area contributed by atoms with Crippen LogP contribution >= 0.6 is 0 Å². The van der Waals surface area contributed by atoms with Gasteiger partial charge in [-0.05, 0) is 24.2 Å². The van der Waals surface area contributed by atoms with Gasteiger partial charge in [0.05, 0.1) is 0 Å². The third-order valence-electron chi connectivity index (χ3n) is 3.15. The Kier molecular flexibility index (Phi) is 5.10. The van der Waals surface area contributed by atoms with E-state index >= 15 is 0 Å². The Balaban J connectivity index is 4.64. The van der Waals surface area contributed by atoms with Crippen LogP contribution in [0.5, 0.6) is 0 Å². The number of aliphatic hydroxyl groups is 2. The van der Waals surface area contributed by atoms with Gasteiger partial charge in [-0.1, -0.05) is 41.5 Å². The third kappa shape index (κ3) is 3.58. The highest BCUT2D eigenvalue weighted by Gasteiger charge is 2.37. The summed E-state index contributed by atoms with van der Waals surface area (Å²) in [6, 6.07) is 0. The quantitative estimate of drug-likeness (QED) is 0.673. The molecule has 1 unspecified atom stereocenters. The summed E-state index contributed by atoms with van der Waals surface area (Å²) in [6.45, 7) is 12.5. The molecule has 0 fully saturated rings. The van der Waals surface area contributed by atoms with Gasteiger partial charge in [0.15, 0.2) is 6.29 Å². The van der Waals surface area contributed by atoms with Gasteiger partial charge in [-0.15, -0.1) is 0 Å². The molecule has 2 heteroatoms. The molecule has 14 heavy (non-hydrogen) atoms. The molecule has 86 valence electrons. The molecule has 0 heterocycles. The van der Waals surface area contributed by atoms with E-state index in [4.69, 9.17) is 0 Å². The highest BCUT2D eigenvalue weighted by molar-refractivity contribution is 4.82. The van der Waals surface area contributed by atoms with E-state index in [1.54, 1.807) is 0 Å². The molecule has 0 aromatic rings. The third-order valence-corrected chi connectivity index (χ3v) is 3.15. The van der Waals surface area contributed by atoms with Crippen LogP contribution < -0.4 is 0 Å². The van der Waals surface area contributed by atoms with Crippen molar-refractivity contribution >= 4 is 0 Å². The van der Waals surface area contributed by atoms with E-state index < -0.39 is 11.7 Å². The summed E-state index contributed by atoms with van der Waals surface area (Å²) in [5.41, 5.74) is -0.418. The van der Waals surface area contributed by atoms with Crippen molar-refractivity contribution in [3.8, 4) is 0 Å². The molecule has 0 saturated heterocycles. The Bertz CT molecular complexity index is 160. The minimum atomic E-state index is -1.23. The standard InChI is InChI=1S/C12H26O2/c1-8(2)7-10(9(3)4)12(5,6)11(13)14/h8-11,13-14H,7H2,1-6H3. The second kappa shape index (κ2) is 5.13. The molecule has 0 aliphatic rings. The van der Waals surface area contributed by atoms with Crippen molar-refractivity contribution in [2.75, 3.05) is 0 Å². The lowest BCUT2D eigenvalue weighted by molar-refractivity contribution is -0.152. The largest absolute Gasteiger partial charge is 0.368 e. The van der Waals surface area contributed by atoms with Gasteiger partial charge >= 0.3 is 0 Å². The Labute approximate surface area is 88.3 Å². The first kappa shape index (κ1) is 13.9. The normalized spacial score (nSPS) is 15.6. The summed E-state index contributed by atoms with van der Waals surface area (Å²) < 4.78 is 0. The predicted octanol–water partition coefficient (Wildman–Crippen LogP) is 2.64. The lowest BCUT2D eigenvalue weighted by atomic mass is 9.69. The van der Waals surface area contributed by atoms with Crippen LogP contribution in [-0.4, -0.2) is 16.5 Å². The number of rotatable bonds is 5. The number of hydrogen-bond donors (Lipinski definition) is 2. The fourth-order valence-electron chi connectivity index (χ4n) is 2.13. The lowest BCUT2D eigenvalue weighted by Gasteiger charge is -2.39. The average molecular weight is 202 g/mol. The zero-order valence-corrected chi connectivity index (χ0v) is 10.4. The minimum absolute atomic E-state index is 0.350. The maximum atomic E-state index is 9.37. The highest BCUT2D eigenvalue weighted by Crippen LogP contribution is 2.39. The monoisotopic (exact) mass is 202 g/mol. The van der Waals surface area contributed by atoms with Crippen LogP contribution in [0, 0.1) is 23.2 Å². The molecule has 0 rings (SSSR count). The molecular weight excluding hydrogens is 176 g/mol. The smallest absolute Gasteiger partial charge is 0.156 e. The van der Waals surface area contributed by atoms with E-state index in [0.29, 0.717) is 17.8 Å². The molecule has 0 aromatic carbocycles. The van der Waals surface area contributed by atoms with Crippen LogP contribution in [0.4, 0.5) is 0 Å². The molecule has 2 N–H and O–H groups in total. The summed E-state index contributed by atoms with van der Waals surface area (Å²) >= 11 is 0. The van der Waals surface area contributed by atoms with E-state index in [1.807, 2.05) is 13.8 Å². The summed E-state index contributed by atoms with van der Waals surface area (Å²) in [6.07, 6.45) is -0.184. The van der Waals surface area contributed by atoms with Crippen molar-refractivity contribution in [1.82, 2.24) is 0 Å². The number of aliphatic hydroxyl groups excluding tert-OH is 1. The van der Waals surface area contributed by atoms with E-state index in [2.05, 4.69) is 27.7 Å². The minimum Gasteiger partial charge on any atom is -0.368 e. The summed E-state index contributed by atoms with van der Waals surface area (Å²) in [5.74, 6) is 1.43. The van der Waals surface area contributed by atoms with Crippen molar-refractivity contribution in [3.05, 3.63) is 0 Å². The van der Waals surface area contributed by atoms with Crippen molar-refractivity contribution in [2.24, 2.45) is 23.2 Å². The molecule has 1 atom stereocenters. The van der Waals surface area contributed by atoms with Crippen LogP contribution in [0.3, 0.4) is 0 Å². The predicted molar refractivity (Wildman–Crippen MR) is 59.8 cm³/mol. The first-order valence-corrected chi connectivity index (χ1v) is 5.55. The molecule has 0 bridgehead atoms. The molecular formula is C12H26O2.